The predicted octanol–water partition coefficient (Wildman–Crippen LogP) is 2.59. The summed E-state index contributed by atoms with van der Waals surface area (Å²) in [5.74, 6) is -0.801. The van der Waals surface area contributed by atoms with E-state index in [0.29, 0.717) is 13.0 Å². The molecule has 1 aromatic carbocycles. The van der Waals surface area contributed by atoms with Gasteiger partial charge >= 0.3 is 5.97 Å². The Morgan fingerprint density at radius 3 is 2.18 bits per heavy atom. The van der Waals surface area contributed by atoms with Gasteiger partial charge in [-0.1, -0.05) is 38.1 Å². The molecule has 1 aromatic rings. The highest BCUT2D eigenvalue weighted by Gasteiger charge is 2.29. The maximum Gasteiger partial charge on any atom is 0.323 e. The summed E-state index contributed by atoms with van der Waals surface area (Å²) in [6.07, 6.45) is 1.59. The van der Waals surface area contributed by atoms with E-state index in [-0.39, 0.29) is 0 Å². The molecule has 0 heterocycles. The molecule has 2 N–H and O–H groups in total. The zero-order chi connectivity index (χ0) is 12.9. The van der Waals surface area contributed by atoms with Crippen LogP contribution in [0.4, 0.5) is 0 Å². The molecule has 1 rings (SSSR count). The summed E-state index contributed by atoms with van der Waals surface area (Å²) in [5, 5.41) is 12.2. The molecular weight excluding hydrogens is 214 g/mol. The molecule has 0 aliphatic rings. The normalized spacial score (nSPS) is 14.3. The molecular formula is C14H21NO2. The molecule has 0 aliphatic heterocycles. The molecule has 0 radical (unpaired) electrons. The fraction of sp³-hybridized carbons (Fsp3) is 0.500. The van der Waals surface area contributed by atoms with Gasteiger partial charge in [0.2, 0.25) is 0 Å². The maximum atomic E-state index is 11.1. The van der Waals surface area contributed by atoms with Crippen molar-refractivity contribution < 1.29 is 9.90 Å². The van der Waals surface area contributed by atoms with E-state index in [4.69, 9.17) is 5.11 Å². The van der Waals surface area contributed by atoms with Crippen LogP contribution in [0.15, 0.2) is 24.3 Å². The van der Waals surface area contributed by atoms with E-state index in [1.807, 2.05) is 19.1 Å². The minimum absolute atomic E-state index is 0.565. The van der Waals surface area contributed by atoms with E-state index < -0.39 is 11.5 Å². The van der Waals surface area contributed by atoms with Crippen LogP contribution in [-0.2, 0) is 17.8 Å². The van der Waals surface area contributed by atoms with Gasteiger partial charge in [-0.25, -0.2) is 0 Å². The molecule has 0 saturated carbocycles. The predicted molar refractivity (Wildman–Crippen MR) is 69.0 cm³/mol. The minimum atomic E-state index is -0.844. The Morgan fingerprint density at radius 1 is 1.24 bits per heavy atom. The van der Waals surface area contributed by atoms with Crippen molar-refractivity contribution in [3.8, 4) is 0 Å². The maximum absolute atomic E-state index is 11.1. The highest BCUT2D eigenvalue weighted by Crippen LogP contribution is 2.11. The molecule has 0 spiro atoms. The Kier molecular flexibility index (Phi) is 4.70. The fourth-order valence-electron chi connectivity index (χ4n) is 1.54. The lowest BCUT2D eigenvalue weighted by atomic mass is 9.98. The summed E-state index contributed by atoms with van der Waals surface area (Å²) in [7, 11) is 0. The molecule has 1 unspecified atom stereocenters. The molecule has 1 atom stereocenters. The van der Waals surface area contributed by atoms with Crippen LogP contribution >= 0.6 is 0 Å². The van der Waals surface area contributed by atoms with Crippen LogP contribution in [0.2, 0.25) is 0 Å². The smallest absolute Gasteiger partial charge is 0.323 e. The number of carboxylic acids is 1. The van der Waals surface area contributed by atoms with Crippen LogP contribution in [0.5, 0.6) is 0 Å². The first-order valence-electron chi connectivity index (χ1n) is 6.08. The topological polar surface area (TPSA) is 49.3 Å². The largest absolute Gasteiger partial charge is 0.480 e. The monoisotopic (exact) mass is 235 g/mol. The highest BCUT2D eigenvalue weighted by molar-refractivity contribution is 5.78. The van der Waals surface area contributed by atoms with E-state index in [0.717, 1.165) is 12.0 Å². The molecule has 94 valence electrons. The van der Waals surface area contributed by atoms with Crippen LogP contribution in [0.3, 0.4) is 0 Å². The lowest BCUT2D eigenvalue weighted by molar-refractivity contribution is -0.144. The van der Waals surface area contributed by atoms with Crippen LogP contribution in [-0.4, -0.2) is 16.6 Å². The van der Waals surface area contributed by atoms with Crippen molar-refractivity contribution in [1.82, 2.24) is 5.32 Å². The van der Waals surface area contributed by atoms with Gasteiger partial charge in [0.25, 0.3) is 0 Å². The van der Waals surface area contributed by atoms with Crippen molar-refractivity contribution in [3.63, 3.8) is 0 Å². The second-order valence-electron chi connectivity index (χ2n) is 4.51. The van der Waals surface area contributed by atoms with Gasteiger partial charge in [0.1, 0.15) is 5.54 Å². The summed E-state index contributed by atoms with van der Waals surface area (Å²) < 4.78 is 0. The lowest BCUT2D eigenvalue weighted by Crippen LogP contribution is -2.48. The average molecular weight is 235 g/mol. The van der Waals surface area contributed by atoms with Crippen LogP contribution in [0.25, 0.3) is 0 Å². The van der Waals surface area contributed by atoms with Crippen molar-refractivity contribution in [1.29, 1.82) is 0 Å². The van der Waals surface area contributed by atoms with Gasteiger partial charge in [0, 0.05) is 6.54 Å². The number of hydrogen-bond donors (Lipinski definition) is 2. The first-order chi connectivity index (χ1) is 8.01. The van der Waals surface area contributed by atoms with Crippen LogP contribution in [0.1, 0.15) is 38.3 Å². The Morgan fingerprint density at radius 2 is 1.76 bits per heavy atom. The van der Waals surface area contributed by atoms with Crippen molar-refractivity contribution in [2.75, 3.05) is 0 Å². The third-order valence-electron chi connectivity index (χ3n) is 3.29. The van der Waals surface area contributed by atoms with Gasteiger partial charge in [-0.3, -0.25) is 10.1 Å². The first kappa shape index (κ1) is 13.7. The summed E-state index contributed by atoms with van der Waals surface area (Å²) in [6.45, 7) is 6.30. The number of aliphatic carboxylic acids is 1. The van der Waals surface area contributed by atoms with Gasteiger partial charge in [0.05, 0.1) is 0 Å². The Balaban J connectivity index is 2.63. The van der Waals surface area contributed by atoms with Crippen LogP contribution < -0.4 is 5.32 Å². The van der Waals surface area contributed by atoms with E-state index in [2.05, 4.69) is 24.4 Å². The van der Waals surface area contributed by atoms with Gasteiger partial charge in [-0.15, -0.1) is 0 Å². The van der Waals surface area contributed by atoms with Gasteiger partial charge in [0.15, 0.2) is 0 Å². The Bertz CT molecular complexity index is 372. The summed E-state index contributed by atoms with van der Waals surface area (Å²) in [4.78, 5) is 11.1. The SMILES string of the molecule is CCc1ccc(CNC(C)(CC)C(=O)O)cc1. The zero-order valence-corrected chi connectivity index (χ0v) is 10.8. The van der Waals surface area contributed by atoms with Crippen molar-refractivity contribution in [2.24, 2.45) is 0 Å². The van der Waals surface area contributed by atoms with Gasteiger partial charge in [-0.2, -0.15) is 0 Å². The quantitative estimate of drug-likeness (QED) is 0.796. The summed E-state index contributed by atoms with van der Waals surface area (Å²) >= 11 is 0. The summed E-state index contributed by atoms with van der Waals surface area (Å²) in [5.41, 5.74) is 1.57. The number of hydrogen-bond acceptors (Lipinski definition) is 2. The Hall–Kier alpha value is -1.35. The standard InChI is InChI=1S/C14H21NO2/c1-4-11-6-8-12(9-7-11)10-15-14(3,5-2)13(16)17/h6-9,15H,4-5,10H2,1-3H3,(H,16,17). The molecule has 3 nitrogen and oxygen atoms in total. The molecule has 0 bridgehead atoms. The third kappa shape index (κ3) is 3.56. The zero-order valence-electron chi connectivity index (χ0n) is 10.8. The first-order valence-corrected chi connectivity index (χ1v) is 6.08. The molecule has 3 heteroatoms. The number of carboxylic acid groups (broad SMARTS) is 1. The van der Waals surface area contributed by atoms with E-state index >= 15 is 0 Å². The van der Waals surface area contributed by atoms with Crippen molar-refractivity contribution >= 4 is 5.97 Å². The number of carbonyl (C=O) groups is 1. The number of benzene rings is 1. The molecule has 17 heavy (non-hydrogen) atoms. The number of nitrogens with one attached hydrogen (secondary N) is 1. The second kappa shape index (κ2) is 5.82. The molecule has 0 aliphatic carbocycles. The third-order valence-corrected chi connectivity index (χ3v) is 3.29. The van der Waals surface area contributed by atoms with E-state index in [1.165, 1.54) is 5.56 Å². The average Bonchev–Trinajstić information content (AvgIpc) is 2.36. The molecule has 0 saturated heterocycles. The minimum Gasteiger partial charge on any atom is -0.480 e. The Labute approximate surface area is 103 Å². The van der Waals surface area contributed by atoms with Crippen molar-refractivity contribution in [3.05, 3.63) is 35.4 Å². The highest BCUT2D eigenvalue weighted by atomic mass is 16.4. The summed E-state index contributed by atoms with van der Waals surface area (Å²) in [6, 6.07) is 8.26. The van der Waals surface area contributed by atoms with Crippen molar-refractivity contribution in [2.45, 2.75) is 45.7 Å². The van der Waals surface area contributed by atoms with E-state index in [9.17, 15) is 4.79 Å². The molecule has 0 amide bonds. The number of aryl methyl sites for hydroxylation is 1. The molecule has 0 fully saturated rings. The van der Waals surface area contributed by atoms with Gasteiger partial charge in [-0.05, 0) is 30.9 Å². The van der Waals surface area contributed by atoms with Gasteiger partial charge < -0.3 is 5.11 Å². The number of rotatable bonds is 6. The van der Waals surface area contributed by atoms with Crippen LogP contribution in [0, 0.1) is 0 Å². The fourth-order valence-corrected chi connectivity index (χ4v) is 1.54. The second-order valence-corrected chi connectivity index (χ2v) is 4.51. The van der Waals surface area contributed by atoms with E-state index in [1.54, 1.807) is 6.92 Å². The molecule has 0 aromatic heterocycles. The lowest BCUT2D eigenvalue weighted by Gasteiger charge is -2.24.